The summed E-state index contributed by atoms with van der Waals surface area (Å²) in [5.41, 5.74) is 1.49. The van der Waals surface area contributed by atoms with Crippen molar-refractivity contribution in [3.8, 4) is 6.07 Å². The molecule has 15 heteroatoms. The Balaban J connectivity index is 0.00000400. The number of nitriles is 1. The van der Waals surface area contributed by atoms with Crippen LogP contribution in [-0.4, -0.2) is 92.0 Å². The van der Waals surface area contributed by atoms with E-state index < -0.39 is 14.9 Å². The number of nitro groups is 1. The number of benzene rings is 1. The molecule has 1 aromatic carbocycles. The van der Waals surface area contributed by atoms with E-state index in [1.165, 1.54) is 31.6 Å². The van der Waals surface area contributed by atoms with E-state index in [-0.39, 0.29) is 23.0 Å². The lowest BCUT2D eigenvalue weighted by Gasteiger charge is -2.30. The molecule has 0 radical (unpaired) electrons. The van der Waals surface area contributed by atoms with Crippen LogP contribution in [0.4, 0.5) is 11.4 Å². The minimum Gasteiger partial charge on any atom is -0.379 e. The van der Waals surface area contributed by atoms with Crippen molar-refractivity contribution in [1.29, 1.82) is 5.26 Å². The van der Waals surface area contributed by atoms with Gasteiger partial charge in [-0.25, -0.2) is 4.52 Å². The van der Waals surface area contributed by atoms with Crippen molar-refractivity contribution in [2.24, 2.45) is 5.10 Å². The maximum atomic E-state index is 13.5. The van der Waals surface area contributed by atoms with E-state index in [1.807, 2.05) is 6.07 Å². The monoisotopic (exact) mass is 562 g/mol. The van der Waals surface area contributed by atoms with Crippen LogP contribution in [0.5, 0.6) is 0 Å². The van der Waals surface area contributed by atoms with Gasteiger partial charge in [-0.05, 0) is 18.2 Å². The number of nitrogens with zero attached hydrogens (tertiary/aromatic N) is 8. The molecule has 1 aliphatic rings. The van der Waals surface area contributed by atoms with Crippen molar-refractivity contribution in [1.82, 2.24) is 18.9 Å². The predicted molar refractivity (Wildman–Crippen MR) is 143 cm³/mol. The normalized spacial score (nSPS) is 14.2. The number of fused-ring (bicyclic) bond motifs is 1. The highest BCUT2D eigenvalue weighted by Gasteiger charge is 2.28. The summed E-state index contributed by atoms with van der Waals surface area (Å²) < 4.78 is 34.7. The summed E-state index contributed by atoms with van der Waals surface area (Å²) in [6.07, 6.45) is 4.44. The Morgan fingerprint density at radius 1 is 1.26 bits per heavy atom. The molecule has 0 aliphatic carbocycles. The number of hydrazone groups is 1. The lowest BCUT2D eigenvalue weighted by Crippen LogP contribution is -2.41. The average Bonchev–Trinajstić information content (AvgIpc) is 3.32. The number of hydrogen-bond acceptors (Lipinski definition) is 10. The number of nitro benzene ring substituents is 1. The third-order valence-corrected chi connectivity index (χ3v) is 7.76. The summed E-state index contributed by atoms with van der Waals surface area (Å²) in [7, 11) is -1.25. The number of anilines is 1. The highest BCUT2D eigenvalue weighted by molar-refractivity contribution is 7.89. The highest BCUT2D eigenvalue weighted by atomic mass is 35.5. The molecule has 2 aromatic heterocycles. The van der Waals surface area contributed by atoms with Gasteiger partial charge >= 0.3 is 0 Å². The lowest BCUT2D eigenvalue weighted by molar-refractivity contribution is -0.385. The van der Waals surface area contributed by atoms with Gasteiger partial charge in [-0.1, -0.05) is 0 Å². The first-order valence-electron chi connectivity index (χ1n) is 11.4. The van der Waals surface area contributed by atoms with Crippen molar-refractivity contribution in [3.05, 3.63) is 64.0 Å². The van der Waals surface area contributed by atoms with E-state index in [0.717, 1.165) is 23.6 Å². The Bertz CT molecular complexity index is 1480. The number of hydrogen-bond donors (Lipinski definition) is 0. The van der Waals surface area contributed by atoms with Gasteiger partial charge in [-0.15, -0.1) is 12.4 Å². The molecule has 0 unspecified atom stereocenters. The molecule has 3 aromatic rings. The Labute approximate surface area is 226 Å². The van der Waals surface area contributed by atoms with E-state index in [9.17, 15) is 18.5 Å². The first kappa shape index (κ1) is 28.8. The lowest BCUT2D eigenvalue weighted by atomic mass is 10.2. The van der Waals surface area contributed by atoms with Crippen LogP contribution in [-0.2, 0) is 14.8 Å². The fraction of sp³-hybridized carbons (Fsp3) is 0.348. The number of non-ortho nitro benzene ring substituents is 1. The van der Waals surface area contributed by atoms with Crippen LogP contribution in [0, 0.1) is 21.4 Å². The van der Waals surface area contributed by atoms with Gasteiger partial charge in [0, 0.05) is 64.2 Å². The standard InChI is InChI=1S/C23H26N8O5S.ClH/c1-27(7-8-29-9-11-36-12-10-29)21-4-3-20(31(32)33)14-23(21)37(34,35)28(2)25-16-19-17-26-30-6-5-18(15-24)13-22(19)30;/h3-6,13-14,16-17H,7-12H2,1-2H3;1H. The first-order valence-corrected chi connectivity index (χ1v) is 12.8. The Morgan fingerprint density at radius 3 is 2.68 bits per heavy atom. The summed E-state index contributed by atoms with van der Waals surface area (Å²) in [5, 5.41) is 28.8. The largest absolute Gasteiger partial charge is 0.379 e. The van der Waals surface area contributed by atoms with Gasteiger partial charge in [0.2, 0.25) is 0 Å². The average molecular weight is 563 g/mol. The van der Waals surface area contributed by atoms with Gasteiger partial charge in [0.15, 0.2) is 0 Å². The van der Waals surface area contributed by atoms with Gasteiger partial charge in [0.05, 0.1) is 53.4 Å². The number of aromatic nitrogens is 2. The molecule has 0 bridgehead atoms. The van der Waals surface area contributed by atoms with Crippen LogP contribution < -0.4 is 4.90 Å². The first-order chi connectivity index (χ1) is 17.7. The van der Waals surface area contributed by atoms with Crippen molar-refractivity contribution >= 4 is 45.5 Å². The van der Waals surface area contributed by atoms with Gasteiger partial charge in [0.1, 0.15) is 4.90 Å². The van der Waals surface area contributed by atoms with Crippen LogP contribution in [0.1, 0.15) is 11.1 Å². The summed E-state index contributed by atoms with van der Waals surface area (Å²) in [5.74, 6) is 0. The van der Waals surface area contributed by atoms with Crippen molar-refractivity contribution in [2.45, 2.75) is 4.90 Å². The smallest absolute Gasteiger partial charge is 0.281 e. The zero-order chi connectivity index (χ0) is 26.6. The molecule has 3 heterocycles. The van der Waals surface area contributed by atoms with Crippen LogP contribution >= 0.6 is 12.4 Å². The molecule has 13 nitrogen and oxygen atoms in total. The second-order valence-corrected chi connectivity index (χ2v) is 10.3. The molecular weight excluding hydrogens is 536 g/mol. The van der Waals surface area contributed by atoms with E-state index in [0.29, 0.717) is 48.6 Å². The topological polar surface area (TPSA) is 150 Å². The number of pyridine rings is 1. The molecule has 0 N–H and O–H groups in total. The quantitative estimate of drug-likeness (QED) is 0.216. The highest BCUT2D eigenvalue weighted by Crippen LogP contribution is 2.31. The maximum absolute atomic E-state index is 13.5. The fourth-order valence-corrected chi connectivity index (χ4v) is 5.11. The molecule has 0 spiro atoms. The van der Waals surface area contributed by atoms with Crippen LogP contribution in [0.2, 0.25) is 0 Å². The van der Waals surface area contributed by atoms with Crippen LogP contribution in [0.25, 0.3) is 5.52 Å². The summed E-state index contributed by atoms with van der Waals surface area (Å²) in [6.45, 7) is 4.06. The minimum atomic E-state index is -4.26. The second kappa shape index (κ2) is 12.2. The summed E-state index contributed by atoms with van der Waals surface area (Å²) >= 11 is 0. The van der Waals surface area contributed by atoms with Gasteiger partial charge < -0.3 is 9.64 Å². The van der Waals surface area contributed by atoms with Crippen molar-refractivity contribution in [3.63, 3.8) is 0 Å². The van der Waals surface area contributed by atoms with Gasteiger partial charge in [-0.3, -0.25) is 15.0 Å². The van der Waals surface area contributed by atoms with E-state index >= 15 is 0 Å². The molecule has 0 atom stereocenters. The predicted octanol–water partition coefficient (Wildman–Crippen LogP) is 1.96. The van der Waals surface area contributed by atoms with Crippen molar-refractivity contribution < 1.29 is 18.1 Å². The molecule has 202 valence electrons. The Hall–Kier alpha value is -3.77. The fourth-order valence-electron chi connectivity index (χ4n) is 3.89. The number of ether oxygens (including phenoxy) is 1. The Morgan fingerprint density at radius 2 is 2.00 bits per heavy atom. The van der Waals surface area contributed by atoms with E-state index in [2.05, 4.69) is 15.1 Å². The molecule has 38 heavy (non-hydrogen) atoms. The molecular formula is C23H27ClN8O5S. The second-order valence-electron chi connectivity index (χ2n) is 8.43. The van der Waals surface area contributed by atoms with Gasteiger partial charge in [0.25, 0.3) is 15.7 Å². The van der Waals surface area contributed by atoms with Crippen LogP contribution in [0.3, 0.4) is 0 Å². The van der Waals surface area contributed by atoms with Gasteiger partial charge in [-0.2, -0.15) is 28.3 Å². The van der Waals surface area contributed by atoms with E-state index in [4.69, 9.17) is 10.00 Å². The number of halogens is 1. The third kappa shape index (κ3) is 6.20. The van der Waals surface area contributed by atoms with E-state index in [1.54, 1.807) is 34.8 Å². The zero-order valence-corrected chi connectivity index (χ0v) is 22.4. The molecule has 4 rings (SSSR count). The summed E-state index contributed by atoms with van der Waals surface area (Å²) in [4.78, 5) is 14.5. The number of likely N-dealkylation sites (N-methyl/N-ethyl adjacent to an activating group) is 1. The molecule has 0 saturated carbocycles. The van der Waals surface area contributed by atoms with Crippen molar-refractivity contribution in [2.75, 3.05) is 58.4 Å². The SMILES string of the molecule is CN(CCN1CCOCC1)c1ccc([N+](=O)[O-])cc1S(=O)(=O)N(C)N=Cc1cnn2ccc(C#N)cc12.Cl. The molecule has 1 fully saturated rings. The summed E-state index contributed by atoms with van der Waals surface area (Å²) in [6, 6.07) is 9.05. The minimum absolute atomic E-state index is 0. The maximum Gasteiger partial charge on any atom is 0.281 e. The molecule has 1 saturated heterocycles. The molecule has 1 aliphatic heterocycles. The van der Waals surface area contributed by atoms with Crippen LogP contribution in [0.15, 0.2) is 52.7 Å². The zero-order valence-electron chi connectivity index (χ0n) is 20.8. The third-order valence-electron chi connectivity index (χ3n) is 6.09. The molecule has 0 amide bonds. The number of morpholine rings is 1. The Kier molecular flexibility index (Phi) is 9.23. The number of rotatable bonds is 9. The number of sulfonamides is 1.